The minimum atomic E-state index is -0.674. The van der Waals surface area contributed by atoms with Crippen LogP contribution in [-0.2, 0) is 14.3 Å². The standard InChI is InChI=1S/C18H28N2O3/c1-4-19-11-7-18(8-12-19)15(14(3)17(22)23-18)16(21)20-9-5-13(2)6-10-20/h13H,4-12H2,1-3H3. The summed E-state index contributed by atoms with van der Waals surface area (Å²) in [6.07, 6.45) is 3.55. The van der Waals surface area contributed by atoms with E-state index in [-0.39, 0.29) is 11.9 Å². The number of nitrogens with zero attached hydrogens (tertiary/aromatic N) is 2. The predicted molar refractivity (Wildman–Crippen MR) is 87.8 cm³/mol. The first-order valence-electron chi connectivity index (χ1n) is 8.93. The third-order valence-corrected chi connectivity index (χ3v) is 5.82. The summed E-state index contributed by atoms with van der Waals surface area (Å²) in [7, 11) is 0. The average molecular weight is 320 g/mol. The molecule has 0 N–H and O–H groups in total. The van der Waals surface area contributed by atoms with E-state index in [2.05, 4.69) is 18.7 Å². The zero-order valence-electron chi connectivity index (χ0n) is 14.6. The number of hydrogen-bond donors (Lipinski definition) is 0. The summed E-state index contributed by atoms with van der Waals surface area (Å²) in [5.41, 5.74) is 0.499. The van der Waals surface area contributed by atoms with Gasteiger partial charge >= 0.3 is 5.97 Å². The van der Waals surface area contributed by atoms with E-state index in [9.17, 15) is 9.59 Å². The summed E-state index contributed by atoms with van der Waals surface area (Å²) < 4.78 is 5.75. The molecule has 0 radical (unpaired) electrons. The highest BCUT2D eigenvalue weighted by atomic mass is 16.6. The number of esters is 1. The summed E-state index contributed by atoms with van der Waals surface area (Å²) in [6, 6.07) is 0. The summed E-state index contributed by atoms with van der Waals surface area (Å²) >= 11 is 0. The van der Waals surface area contributed by atoms with Crippen molar-refractivity contribution in [2.45, 2.75) is 52.1 Å². The number of likely N-dealkylation sites (tertiary alicyclic amines) is 2. The van der Waals surface area contributed by atoms with Crippen LogP contribution in [0.3, 0.4) is 0 Å². The SMILES string of the molecule is CCN1CCC2(CC1)OC(=O)C(C)=C2C(=O)N1CCC(C)CC1. The lowest BCUT2D eigenvalue weighted by Gasteiger charge is -2.40. The molecule has 3 rings (SSSR count). The molecule has 1 spiro atoms. The Labute approximate surface area is 138 Å². The Morgan fingerprint density at radius 2 is 1.83 bits per heavy atom. The van der Waals surface area contributed by atoms with Crippen LogP contribution in [0, 0.1) is 5.92 Å². The molecule has 0 unspecified atom stereocenters. The second kappa shape index (κ2) is 6.27. The van der Waals surface area contributed by atoms with E-state index in [0.717, 1.165) is 58.4 Å². The first-order valence-corrected chi connectivity index (χ1v) is 8.93. The molecule has 1 amide bonds. The van der Waals surface area contributed by atoms with Crippen molar-refractivity contribution in [3.63, 3.8) is 0 Å². The molecule has 0 aliphatic carbocycles. The maximum atomic E-state index is 13.1. The Kier molecular flexibility index (Phi) is 4.50. The van der Waals surface area contributed by atoms with Gasteiger partial charge in [0, 0.05) is 44.6 Å². The van der Waals surface area contributed by atoms with Crippen molar-refractivity contribution in [1.82, 2.24) is 9.80 Å². The van der Waals surface area contributed by atoms with Gasteiger partial charge in [0.25, 0.3) is 5.91 Å². The normalized spacial score (nSPS) is 26.0. The lowest BCUT2D eigenvalue weighted by atomic mass is 9.82. The molecule has 5 heteroatoms. The summed E-state index contributed by atoms with van der Waals surface area (Å²) in [6.45, 7) is 10.5. The maximum absolute atomic E-state index is 13.1. The molecule has 0 saturated carbocycles. The van der Waals surface area contributed by atoms with Gasteiger partial charge in [0.1, 0.15) is 5.60 Å². The molecule has 128 valence electrons. The monoisotopic (exact) mass is 320 g/mol. The number of hydrogen-bond acceptors (Lipinski definition) is 4. The van der Waals surface area contributed by atoms with E-state index in [4.69, 9.17) is 4.74 Å². The Morgan fingerprint density at radius 1 is 1.22 bits per heavy atom. The number of ether oxygens (including phenoxy) is 1. The minimum absolute atomic E-state index is 0.0326. The van der Waals surface area contributed by atoms with Gasteiger partial charge in [-0.15, -0.1) is 0 Å². The number of piperidine rings is 2. The molecule has 2 fully saturated rings. The van der Waals surface area contributed by atoms with Crippen molar-refractivity contribution in [2.75, 3.05) is 32.7 Å². The molecule has 0 bridgehead atoms. The van der Waals surface area contributed by atoms with Gasteiger partial charge in [-0.3, -0.25) is 4.79 Å². The quantitative estimate of drug-likeness (QED) is 0.730. The van der Waals surface area contributed by atoms with E-state index in [1.165, 1.54) is 0 Å². The summed E-state index contributed by atoms with van der Waals surface area (Å²) in [4.78, 5) is 29.6. The smallest absolute Gasteiger partial charge is 0.335 e. The lowest BCUT2D eigenvalue weighted by Crippen LogP contribution is -2.50. The van der Waals surface area contributed by atoms with Crippen LogP contribution in [0.5, 0.6) is 0 Å². The number of rotatable bonds is 2. The van der Waals surface area contributed by atoms with E-state index in [0.29, 0.717) is 17.1 Å². The fourth-order valence-corrected chi connectivity index (χ4v) is 4.06. The molecular weight excluding hydrogens is 292 g/mol. The molecule has 23 heavy (non-hydrogen) atoms. The average Bonchev–Trinajstić information content (AvgIpc) is 2.79. The molecule has 5 nitrogen and oxygen atoms in total. The van der Waals surface area contributed by atoms with Gasteiger partial charge in [0.05, 0.1) is 5.57 Å². The molecular formula is C18H28N2O3. The van der Waals surface area contributed by atoms with Crippen molar-refractivity contribution in [1.29, 1.82) is 0 Å². The van der Waals surface area contributed by atoms with Crippen LogP contribution in [0.4, 0.5) is 0 Å². The van der Waals surface area contributed by atoms with Crippen molar-refractivity contribution >= 4 is 11.9 Å². The van der Waals surface area contributed by atoms with Crippen LogP contribution in [0.1, 0.15) is 46.5 Å². The van der Waals surface area contributed by atoms with Gasteiger partial charge < -0.3 is 14.5 Å². The van der Waals surface area contributed by atoms with Crippen LogP contribution in [-0.4, -0.2) is 60.0 Å². The molecule has 2 saturated heterocycles. The Balaban J connectivity index is 1.82. The van der Waals surface area contributed by atoms with E-state index >= 15 is 0 Å². The molecule has 3 aliphatic heterocycles. The molecule has 3 heterocycles. The Bertz CT molecular complexity index is 524. The van der Waals surface area contributed by atoms with E-state index in [1.807, 2.05) is 4.90 Å². The first kappa shape index (κ1) is 16.5. The zero-order valence-corrected chi connectivity index (χ0v) is 14.6. The Morgan fingerprint density at radius 3 is 2.39 bits per heavy atom. The first-order chi connectivity index (χ1) is 11.0. The number of amides is 1. The molecule has 0 aromatic heterocycles. The van der Waals surface area contributed by atoms with Crippen molar-refractivity contribution in [3.05, 3.63) is 11.1 Å². The topological polar surface area (TPSA) is 49.9 Å². The third-order valence-electron chi connectivity index (χ3n) is 5.82. The molecule has 0 aromatic rings. The zero-order chi connectivity index (χ0) is 16.6. The summed E-state index contributed by atoms with van der Waals surface area (Å²) in [5, 5.41) is 0. The highest BCUT2D eigenvalue weighted by Gasteiger charge is 2.51. The van der Waals surface area contributed by atoms with Gasteiger partial charge in [-0.25, -0.2) is 4.79 Å². The van der Waals surface area contributed by atoms with Gasteiger partial charge in [-0.2, -0.15) is 0 Å². The van der Waals surface area contributed by atoms with Crippen LogP contribution in [0.2, 0.25) is 0 Å². The molecule has 0 atom stereocenters. The Hall–Kier alpha value is -1.36. The van der Waals surface area contributed by atoms with Gasteiger partial charge in [0.2, 0.25) is 0 Å². The second-order valence-electron chi connectivity index (χ2n) is 7.29. The number of carbonyl (C=O) groups excluding carboxylic acids is 2. The molecule has 3 aliphatic rings. The minimum Gasteiger partial charge on any atom is -0.450 e. The largest absolute Gasteiger partial charge is 0.450 e. The van der Waals surface area contributed by atoms with Gasteiger partial charge in [-0.05, 0) is 32.2 Å². The van der Waals surface area contributed by atoms with Crippen LogP contribution < -0.4 is 0 Å². The van der Waals surface area contributed by atoms with Crippen molar-refractivity contribution in [2.24, 2.45) is 5.92 Å². The highest BCUT2D eigenvalue weighted by molar-refractivity contribution is 6.07. The number of carbonyl (C=O) groups is 2. The van der Waals surface area contributed by atoms with E-state index in [1.54, 1.807) is 6.92 Å². The van der Waals surface area contributed by atoms with Gasteiger partial charge in [0.15, 0.2) is 0 Å². The van der Waals surface area contributed by atoms with E-state index < -0.39 is 5.60 Å². The van der Waals surface area contributed by atoms with Gasteiger partial charge in [-0.1, -0.05) is 13.8 Å². The lowest BCUT2D eigenvalue weighted by molar-refractivity contribution is -0.151. The molecule has 0 aromatic carbocycles. The fraction of sp³-hybridized carbons (Fsp3) is 0.778. The fourth-order valence-electron chi connectivity index (χ4n) is 4.06. The highest BCUT2D eigenvalue weighted by Crippen LogP contribution is 2.42. The predicted octanol–water partition coefficient (Wildman–Crippen LogP) is 1.97. The van der Waals surface area contributed by atoms with Crippen LogP contribution >= 0.6 is 0 Å². The van der Waals surface area contributed by atoms with Crippen LogP contribution in [0.15, 0.2) is 11.1 Å². The third kappa shape index (κ3) is 2.91. The van der Waals surface area contributed by atoms with Crippen molar-refractivity contribution < 1.29 is 14.3 Å². The maximum Gasteiger partial charge on any atom is 0.335 e. The van der Waals surface area contributed by atoms with Crippen LogP contribution in [0.25, 0.3) is 0 Å². The second-order valence-corrected chi connectivity index (χ2v) is 7.29. The summed E-state index contributed by atoms with van der Waals surface area (Å²) in [5.74, 6) is 0.409. The van der Waals surface area contributed by atoms with Crippen molar-refractivity contribution in [3.8, 4) is 0 Å².